The first-order valence-electron chi connectivity index (χ1n) is 28.4. The zero-order valence-electron chi connectivity index (χ0n) is 49.0. The third-order valence-corrected chi connectivity index (χ3v) is 23.2. The molecule has 0 bridgehead atoms. The lowest BCUT2D eigenvalue weighted by Crippen LogP contribution is -2.56. The number of benzene rings is 2. The molecule has 22 atom stereocenters. The van der Waals surface area contributed by atoms with E-state index >= 15 is 0 Å². The van der Waals surface area contributed by atoms with Gasteiger partial charge in [0.1, 0.15) is 23.0 Å². The standard InChI is InChI=1S/C62H100O8P2/c1-33-27-45(59(9,10)11)55-51(37(33)5)52-38(6)34(2)28-46(60(12,13)14)56(52)68-71(67-55)65-49-25-23-41(63-21)31-43(49)44-32-42(64-22)24-26-50(44)66-72-69-57-47(61(15,16)17)29-35(3)39(7)53(57)54-40(8)36(4)30-48(58(54)70-72)62(18,19)20/h23-26,31-40,45-48,51-58H,27-30H2,1-22H3/t33-,34?,35?,36?,37?,38?,39-,40?,45?,46-,47?,48-,51+,52-,53+,54-,55?,56?,57?,58?,71?,72?/m1/s1. The van der Waals surface area contributed by atoms with Gasteiger partial charge in [0.2, 0.25) is 0 Å². The molecule has 0 radical (unpaired) electrons. The summed E-state index contributed by atoms with van der Waals surface area (Å²) in [5, 5.41) is 0. The normalized spacial score (nSPS) is 41.9. The van der Waals surface area contributed by atoms with E-state index in [1.807, 2.05) is 24.3 Å². The molecule has 0 spiro atoms. The molecule has 6 aliphatic rings. The van der Waals surface area contributed by atoms with Crippen molar-refractivity contribution in [2.24, 2.45) is 116 Å². The molecule has 8 nitrogen and oxygen atoms in total. The summed E-state index contributed by atoms with van der Waals surface area (Å²) in [5.41, 5.74) is 1.77. The molecule has 2 saturated heterocycles. The Labute approximate surface area is 441 Å². The molecule has 0 N–H and O–H groups in total. The summed E-state index contributed by atoms with van der Waals surface area (Å²) in [6.45, 7) is 48.8. The van der Waals surface area contributed by atoms with Gasteiger partial charge in [-0.2, -0.15) is 0 Å². The van der Waals surface area contributed by atoms with E-state index in [-0.39, 0.29) is 46.1 Å². The molecule has 72 heavy (non-hydrogen) atoms. The van der Waals surface area contributed by atoms with Gasteiger partial charge in [-0.15, -0.1) is 0 Å². The minimum Gasteiger partial charge on any atom is -0.497 e. The molecule has 2 aromatic rings. The second-order valence-corrected chi connectivity index (χ2v) is 31.2. The van der Waals surface area contributed by atoms with E-state index in [9.17, 15) is 0 Å². The van der Waals surface area contributed by atoms with Gasteiger partial charge < -0.3 is 18.5 Å². The maximum absolute atomic E-state index is 7.58. The average molecular weight is 1040 g/mol. The molecule has 4 saturated carbocycles. The van der Waals surface area contributed by atoms with Crippen molar-refractivity contribution >= 4 is 17.2 Å². The zero-order chi connectivity index (χ0) is 52.9. The van der Waals surface area contributed by atoms with Crippen LogP contribution < -0.4 is 18.5 Å². The smallest absolute Gasteiger partial charge is 0.397 e. The highest BCUT2D eigenvalue weighted by atomic mass is 31.2. The molecule has 2 aliphatic heterocycles. The predicted octanol–water partition coefficient (Wildman–Crippen LogP) is 18.0. The number of methoxy groups -OCH3 is 2. The Morgan fingerprint density at radius 1 is 0.389 bits per heavy atom. The maximum Gasteiger partial charge on any atom is 0.397 e. The molecule has 0 aromatic heterocycles. The topological polar surface area (TPSA) is 73.8 Å². The van der Waals surface area contributed by atoms with Gasteiger partial charge in [0.25, 0.3) is 0 Å². The van der Waals surface area contributed by atoms with Gasteiger partial charge in [0.15, 0.2) is 0 Å². The van der Waals surface area contributed by atoms with Crippen molar-refractivity contribution in [3.63, 3.8) is 0 Å². The predicted molar refractivity (Wildman–Crippen MR) is 297 cm³/mol. The average Bonchev–Trinajstić information content (AvgIpc) is 3.56. The molecule has 14 unspecified atom stereocenters. The van der Waals surface area contributed by atoms with Crippen LogP contribution in [-0.4, -0.2) is 38.6 Å². The first kappa shape index (κ1) is 56.5. The van der Waals surface area contributed by atoms with Crippen LogP contribution in [0.2, 0.25) is 0 Å². The Hall–Kier alpha value is -1.66. The molecule has 406 valence electrons. The van der Waals surface area contributed by atoms with Gasteiger partial charge in [0.05, 0.1) is 38.6 Å². The highest BCUT2D eigenvalue weighted by Crippen LogP contribution is 2.67. The lowest BCUT2D eigenvalue weighted by Gasteiger charge is -2.56. The summed E-state index contributed by atoms with van der Waals surface area (Å²) >= 11 is 0. The molecular formula is C62H100O8P2. The fraction of sp³-hybridized carbons (Fsp3) is 0.806. The van der Waals surface area contributed by atoms with Gasteiger partial charge in [-0.05, 0) is 178 Å². The van der Waals surface area contributed by atoms with Crippen LogP contribution in [0.1, 0.15) is 164 Å². The summed E-state index contributed by atoms with van der Waals surface area (Å²) in [4.78, 5) is 0. The Morgan fingerprint density at radius 3 is 0.833 bits per heavy atom. The number of fused-ring (bicyclic) bond motifs is 6. The van der Waals surface area contributed by atoms with Gasteiger partial charge in [-0.25, -0.2) is 0 Å². The first-order chi connectivity index (χ1) is 33.4. The molecule has 6 fully saturated rings. The van der Waals surface area contributed by atoms with Crippen molar-refractivity contribution in [2.45, 2.75) is 189 Å². The van der Waals surface area contributed by atoms with Crippen LogP contribution in [0.3, 0.4) is 0 Å². The van der Waals surface area contributed by atoms with E-state index in [1.165, 1.54) is 0 Å². The van der Waals surface area contributed by atoms with Gasteiger partial charge in [0, 0.05) is 11.1 Å². The molecule has 8 rings (SSSR count). The van der Waals surface area contributed by atoms with Crippen LogP contribution in [0.25, 0.3) is 11.1 Å². The fourth-order valence-electron chi connectivity index (χ4n) is 15.6. The van der Waals surface area contributed by atoms with Crippen molar-refractivity contribution in [1.82, 2.24) is 0 Å². The van der Waals surface area contributed by atoms with Crippen molar-refractivity contribution < 1.29 is 36.6 Å². The summed E-state index contributed by atoms with van der Waals surface area (Å²) in [6, 6.07) is 12.2. The number of ether oxygens (including phenoxy) is 2. The third-order valence-electron chi connectivity index (χ3n) is 20.8. The summed E-state index contributed by atoms with van der Waals surface area (Å²) in [5.74, 6) is 9.76. The van der Waals surface area contributed by atoms with Crippen LogP contribution in [0.4, 0.5) is 0 Å². The Morgan fingerprint density at radius 2 is 0.625 bits per heavy atom. The van der Waals surface area contributed by atoms with Crippen LogP contribution in [0.15, 0.2) is 36.4 Å². The maximum atomic E-state index is 7.58. The lowest BCUT2D eigenvalue weighted by atomic mass is 9.51. The van der Waals surface area contributed by atoms with Crippen LogP contribution >= 0.6 is 17.2 Å². The van der Waals surface area contributed by atoms with E-state index in [0.29, 0.717) is 118 Å². The lowest BCUT2D eigenvalue weighted by molar-refractivity contribution is -0.123. The summed E-state index contributed by atoms with van der Waals surface area (Å²) in [7, 11) is -0.282. The minimum atomic E-state index is -1.86. The Balaban J connectivity index is 1.23. The minimum absolute atomic E-state index is 0.00656. The van der Waals surface area contributed by atoms with Crippen LogP contribution in [-0.2, 0) is 18.1 Å². The number of hydrogen-bond donors (Lipinski definition) is 0. The molecular weight excluding hydrogens is 935 g/mol. The molecule has 2 aromatic carbocycles. The fourth-order valence-corrected chi connectivity index (χ4v) is 18.4. The monoisotopic (exact) mass is 1030 g/mol. The first-order valence-corrected chi connectivity index (χ1v) is 30.6. The van der Waals surface area contributed by atoms with E-state index < -0.39 is 17.2 Å². The summed E-state index contributed by atoms with van der Waals surface area (Å²) < 4.78 is 57.1. The number of hydrogen-bond acceptors (Lipinski definition) is 8. The van der Waals surface area contributed by atoms with E-state index in [2.05, 4.69) is 151 Å². The van der Waals surface area contributed by atoms with E-state index in [1.54, 1.807) is 14.2 Å². The zero-order valence-corrected chi connectivity index (χ0v) is 50.8. The third kappa shape index (κ3) is 10.9. The SMILES string of the molecule is COc1ccc(OP2OC3C(C(C)(C)C)C[C@@H](C)C(C)[C@H]3[C@H]3C(C)C(C)C[C@@H](C(C)(C)C)C3O2)c(-c2cc(OC)ccc2OP2OC3C(C(C)(C)C)CC(C)[C@@H](C)[C@H]3[C@H]3C(C)C(C)C[C@@H](C(C)(C)C)C3O2)c1. The van der Waals surface area contributed by atoms with Crippen LogP contribution in [0.5, 0.6) is 23.0 Å². The van der Waals surface area contributed by atoms with Gasteiger partial charge >= 0.3 is 17.2 Å². The molecule has 4 aliphatic carbocycles. The highest BCUT2D eigenvalue weighted by Gasteiger charge is 2.62. The van der Waals surface area contributed by atoms with Crippen molar-refractivity contribution in [3.8, 4) is 34.1 Å². The van der Waals surface area contributed by atoms with Crippen molar-refractivity contribution in [3.05, 3.63) is 36.4 Å². The summed E-state index contributed by atoms with van der Waals surface area (Å²) in [6.07, 6.45) is 4.46. The van der Waals surface area contributed by atoms with Gasteiger partial charge in [-0.1, -0.05) is 138 Å². The second-order valence-electron chi connectivity index (χ2n) is 29.1. The molecule has 2 heterocycles. The molecule has 10 heteroatoms. The number of rotatable bonds is 7. The van der Waals surface area contributed by atoms with Crippen molar-refractivity contribution in [2.75, 3.05) is 14.2 Å². The van der Waals surface area contributed by atoms with Crippen molar-refractivity contribution in [1.29, 1.82) is 0 Å². The second kappa shape index (κ2) is 20.9. The molecule has 0 amide bonds. The quantitative estimate of drug-likeness (QED) is 0.254. The van der Waals surface area contributed by atoms with E-state index in [4.69, 9.17) is 36.6 Å². The Kier molecular flexibility index (Phi) is 16.4. The van der Waals surface area contributed by atoms with Gasteiger partial charge in [-0.3, -0.25) is 18.1 Å². The van der Waals surface area contributed by atoms with Crippen LogP contribution in [0, 0.1) is 116 Å². The highest BCUT2D eigenvalue weighted by molar-refractivity contribution is 7.42. The van der Waals surface area contributed by atoms with E-state index in [0.717, 1.165) is 36.8 Å². The largest absolute Gasteiger partial charge is 0.497 e. The Bertz CT molecular complexity index is 1920.